The molecule has 0 heterocycles. The van der Waals surface area contributed by atoms with E-state index in [4.69, 9.17) is 0 Å². The molecule has 0 amide bonds. The van der Waals surface area contributed by atoms with E-state index in [-0.39, 0.29) is 0 Å². The van der Waals surface area contributed by atoms with Crippen molar-refractivity contribution in [2.24, 2.45) is 0 Å². The first-order chi connectivity index (χ1) is 3.79. The fourth-order valence-corrected chi connectivity index (χ4v) is 2.05. The van der Waals surface area contributed by atoms with Gasteiger partial charge in [-0.25, -0.2) is 0 Å². The van der Waals surface area contributed by atoms with Crippen molar-refractivity contribution in [2.75, 3.05) is 0 Å². The second-order valence-electron chi connectivity index (χ2n) is 1.56. The van der Waals surface area contributed by atoms with Crippen LogP contribution in [0.1, 0.15) is 0 Å². The maximum absolute atomic E-state index is 3.37. The van der Waals surface area contributed by atoms with Gasteiger partial charge in [-0.1, -0.05) is 0 Å². The minimum absolute atomic E-state index is 1.17. The van der Waals surface area contributed by atoms with E-state index in [0.717, 1.165) is 0 Å². The van der Waals surface area contributed by atoms with Gasteiger partial charge in [-0.3, -0.25) is 0 Å². The van der Waals surface area contributed by atoms with Gasteiger partial charge in [0.15, 0.2) is 0 Å². The summed E-state index contributed by atoms with van der Waals surface area (Å²) in [6.07, 6.45) is 0. The summed E-state index contributed by atoms with van der Waals surface area (Å²) in [5.41, 5.74) is 0. The first-order valence-corrected chi connectivity index (χ1v) is 4.30. The monoisotopic (exact) mass is 232 g/mol. The van der Waals surface area contributed by atoms with Crippen LogP contribution in [0.15, 0.2) is 28.7 Å². The van der Waals surface area contributed by atoms with Crippen LogP contribution >= 0.6 is 15.9 Å². The fraction of sp³-hybridized carbons (Fsp3) is 0. The molecule has 0 aliphatic heterocycles. The Morgan fingerprint density at radius 2 is 2.12 bits per heavy atom. The van der Waals surface area contributed by atoms with Gasteiger partial charge in [0, 0.05) is 0 Å². The number of rotatable bonds is 0. The Morgan fingerprint density at radius 3 is 2.50 bits per heavy atom. The van der Waals surface area contributed by atoms with Crippen molar-refractivity contribution in [3.05, 3.63) is 28.7 Å². The number of hydrogen-bond acceptors (Lipinski definition) is 0. The van der Waals surface area contributed by atoms with Gasteiger partial charge < -0.3 is 0 Å². The van der Waals surface area contributed by atoms with Crippen molar-refractivity contribution in [1.29, 1.82) is 0 Å². The third kappa shape index (κ3) is 1.64. The van der Waals surface area contributed by atoms with Crippen LogP contribution in [0.25, 0.3) is 0 Å². The molecule has 2 heteroatoms. The Morgan fingerprint density at radius 1 is 1.38 bits per heavy atom. The summed E-state index contributed by atoms with van der Waals surface area (Å²) < 4.78 is 2.52. The Hall–Kier alpha value is 0.258. The molecule has 0 aromatic heterocycles. The molecule has 1 rings (SSSR count). The molecule has 1 aromatic carbocycles. The Bertz CT molecular complexity index is 168. The molecule has 0 radical (unpaired) electrons. The quantitative estimate of drug-likeness (QED) is 0.579. The molecule has 42 valence electrons. The van der Waals surface area contributed by atoms with E-state index in [1.807, 2.05) is 12.1 Å². The van der Waals surface area contributed by atoms with E-state index in [0.29, 0.717) is 0 Å². The van der Waals surface area contributed by atoms with Crippen LogP contribution in [0.2, 0.25) is 0 Å². The average molecular weight is 233 g/mol. The van der Waals surface area contributed by atoms with E-state index in [1.165, 1.54) is 8.82 Å². The molecular formula is C6H6AsBr. The first-order valence-electron chi connectivity index (χ1n) is 2.30. The van der Waals surface area contributed by atoms with E-state index < -0.39 is 0 Å². The Kier molecular flexibility index (Phi) is 2.15. The van der Waals surface area contributed by atoms with E-state index in [9.17, 15) is 0 Å². The zero-order valence-electron chi connectivity index (χ0n) is 4.26. The van der Waals surface area contributed by atoms with Gasteiger partial charge in [-0.05, 0) is 0 Å². The summed E-state index contributed by atoms with van der Waals surface area (Å²) in [5, 5.41) is 0. The van der Waals surface area contributed by atoms with Crippen LogP contribution in [0.4, 0.5) is 0 Å². The maximum atomic E-state index is 3.37. The predicted octanol–water partition coefficient (Wildman–Crippen LogP) is 0.708. The molecule has 0 saturated carbocycles. The molecular weight excluding hydrogens is 227 g/mol. The van der Waals surface area contributed by atoms with Crippen LogP contribution < -0.4 is 4.35 Å². The molecule has 0 saturated heterocycles. The van der Waals surface area contributed by atoms with Gasteiger partial charge in [-0.15, -0.1) is 0 Å². The molecule has 0 N–H and O–H groups in total. The van der Waals surface area contributed by atoms with Gasteiger partial charge >= 0.3 is 65.9 Å². The number of hydrogen-bond donors (Lipinski definition) is 0. The summed E-state index contributed by atoms with van der Waals surface area (Å²) in [5.74, 6) is 0. The van der Waals surface area contributed by atoms with Crippen LogP contribution in [0.5, 0.6) is 0 Å². The molecule has 0 aliphatic rings. The van der Waals surface area contributed by atoms with E-state index in [2.05, 4.69) is 28.1 Å². The predicted molar refractivity (Wildman–Crippen MR) is 42.3 cm³/mol. The standard InChI is InChI=1S/C6H6AsBr/c7-5-2-1-3-6(8)4-5/h1-4H,7H2. The van der Waals surface area contributed by atoms with Crippen molar-refractivity contribution < 1.29 is 0 Å². The first kappa shape index (κ1) is 6.38. The van der Waals surface area contributed by atoms with Gasteiger partial charge in [0.2, 0.25) is 0 Å². The van der Waals surface area contributed by atoms with Crippen LogP contribution in [-0.4, -0.2) is 16.9 Å². The van der Waals surface area contributed by atoms with Crippen molar-refractivity contribution in [2.45, 2.75) is 0 Å². The molecule has 1 unspecified atom stereocenters. The molecule has 0 nitrogen and oxygen atoms in total. The van der Waals surface area contributed by atoms with Crippen molar-refractivity contribution >= 4 is 37.1 Å². The summed E-state index contributed by atoms with van der Waals surface area (Å²) in [6, 6.07) is 8.29. The summed E-state index contributed by atoms with van der Waals surface area (Å²) in [4.78, 5) is 0. The van der Waals surface area contributed by atoms with Gasteiger partial charge in [0.25, 0.3) is 0 Å². The van der Waals surface area contributed by atoms with Gasteiger partial charge in [-0.2, -0.15) is 0 Å². The van der Waals surface area contributed by atoms with Crippen LogP contribution in [-0.2, 0) is 0 Å². The fourth-order valence-electron chi connectivity index (χ4n) is 0.507. The zero-order valence-corrected chi connectivity index (χ0v) is 8.27. The van der Waals surface area contributed by atoms with Crippen LogP contribution in [0, 0.1) is 0 Å². The third-order valence-electron chi connectivity index (χ3n) is 0.849. The van der Waals surface area contributed by atoms with Crippen molar-refractivity contribution in [1.82, 2.24) is 0 Å². The minimum atomic E-state index is 1.17. The second-order valence-corrected chi connectivity index (χ2v) is 3.87. The molecule has 0 bridgehead atoms. The summed E-state index contributed by atoms with van der Waals surface area (Å²) >= 11 is 5.03. The molecule has 0 fully saturated rings. The molecule has 8 heavy (non-hydrogen) atoms. The second kappa shape index (κ2) is 2.70. The third-order valence-corrected chi connectivity index (χ3v) is 2.10. The summed E-state index contributed by atoms with van der Waals surface area (Å²) in [7, 11) is 0. The van der Waals surface area contributed by atoms with E-state index in [1.54, 1.807) is 16.9 Å². The topological polar surface area (TPSA) is 0 Å². The number of halogens is 1. The Balaban J connectivity index is 3.08. The molecule has 0 spiro atoms. The number of benzene rings is 1. The Labute approximate surface area is 65.9 Å². The molecule has 1 atom stereocenters. The molecule has 0 aliphatic carbocycles. The molecule has 1 aromatic rings. The SMILES string of the molecule is [AsH2]c1cccc(Br)c1. The zero-order chi connectivity index (χ0) is 5.98. The van der Waals surface area contributed by atoms with Gasteiger partial charge in [0.05, 0.1) is 0 Å². The van der Waals surface area contributed by atoms with E-state index >= 15 is 0 Å². The van der Waals surface area contributed by atoms with Crippen molar-refractivity contribution in [3.8, 4) is 0 Å². The average Bonchev–Trinajstić information content (AvgIpc) is 1.64. The van der Waals surface area contributed by atoms with Crippen LogP contribution in [0.3, 0.4) is 0 Å². The van der Waals surface area contributed by atoms with Crippen molar-refractivity contribution in [3.63, 3.8) is 0 Å². The van der Waals surface area contributed by atoms with Gasteiger partial charge in [0.1, 0.15) is 0 Å². The normalized spacial score (nSPS) is 9.25. The summed E-state index contributed by atoms with van der Waals surface area (Å²) in [6.45, 7) is 0.